The Morgan fingerprint density at radius 2 is 1.86 bits per heavy atom. The standard InChI is InChI=1S/C14H9Cl2N5O/c15-9-1-6-13(16)12(7-9)14(22)18-10-2-4-11(5-3-10)21-8-17-19-20-21/h1-8H,(H,18,22). The summed E-state index contributed by atoms with van der Waals surface area (Å²) in [4.78, 5) is 12.2. The van der Waals surface area contributed by atoms with E-state index in [0.717, 1.165) is 5.69 Å². The largest absolute Gasteiger partial charge is 0.322 e. The number of hydrogen-bond donors (Lipinski definition) is 1. The molecule has 0 atom stereocenters. The van der Waals surface area contributed by atoms with Gasteiger partial charge in [-0.2, -0.15) is 0 Å². The Morgan fingerprint density at radius 3 is 2.55 bits per heavy atom. The molecule has 22 heavy (non-hydrogen) atoms. The van der Waals surface area contributed by atoms with E-state index in [-0.39, 0.29) is 5.91 Å². The maximum Gasteiger partial charge on any atom is 0.257 e. The number of anilines is 1. The van der Waals surface area contributed by atoms with Crippen molar-refractivity contribution >= 4 is 34.8 Å². The lowest BCUT2D eigenvalue weighted by Gasteiger charge is -2.08. The van der Waals surface area contributed by atoms with Gasteiger partial charge in [-0.15, -0.1) is 5.10 Å². The van der Waals surface area contributed by atoms with Gasteiger partial charge in [-0.05, 0) is 52.9 Å². The van der Waals surface area contributed by atoms with Gasteiger partial charge in [0.1, 0.15) is 6.33 Å². The Hall–Kier alpha value is -2.44. The van der Waals surface area contributed by atoms with Gasteiger partial charge in [0.2, 0.25) is 0 Å². The summed E-state index contributed by atoms with van der Waals surface area (Å²) in [5.41, 5.74) is 1.72. The smallest absolute Gasteiger partial charge is 0.257 e. The van der Waals surface area contributed by atoms with Crippen LogP contribution in [0.1, 0.15) is 10.4 Å². The molecule has 0 radical (unpaired) electrons. The number of carbonyl (C=O) groups is 1. The van der Waals surface area contributed by atoms with E-state index in [1.807, 2.05) is 0 Å². The van der Waals surface area contributed by atoms with E-state index in [0.29, 0.717) is 21.3 Å². The average molecular weight is 334 g/mol. The summed E-state index contributed by atoms with van der Waals surface area (Å²) >= 11 is 11.9. The van der Waals surface area contributed by atoms with Gasteiger partial charge in [-0.25, -0.2) is 4.68 Å². The molecule has 0 bridgehead atoms. The second kappa shape index (κ2) is 6.13. The molecule has 1 heterocycles. The normalized spacial score (nSPS) is 10.5. The van der Waals surface area contributed by atoms with Crippen molar-refractivity contribution in [2.45, 2.75) is 0 Å². The van der Waals surface area contributed by atoms with E-state index in [9.17, 15) is 4.79 Å². The molecule has 3 aromatic rings. The first-order chi connectivity index (χ1) is 10.6. The highest BCUT2D eigenvalue weighted by Gasteiger charge is 2.11. The van der Waals surface area contributed by atoms with Crippen LogP contribution in [-0.2, 0) is 0 Å². The number of carbonyl (C=O) groups excluding carboxylic acids is 1. The molecule has 110 valence electrons. The molecular weight excluding hydrogens is 325 g/mol. The van der Waals surface area contributed by atoms with Crippen molar-refractivity contribution < 1.29 is 4.79 Å². The summed E-state index contributed by atoms with van der Waals surface area (Å²) in [5, 5.41) is 14.5. The van der Waals surface area contributed by atoms with E-state index >= 15 is 0 Å². The predicted octanol–water partition coefficient (Wildman–Crippen LogP) is 3.22. The van der Waals surface area contributed by atoms with E-state index in [4.69, 9.17) is 23.2 Å². The monoisotopic (exact) mass is 333 g/mol. The van der Waals surface area contributed by atoms with Crippen LogP contribution in [0.3, 0.4) is 0 Å². The number of tetrazole rings is 1. The van der Waals surface area contributed by atoms with E-state index < -0.39 is 0 Å². The molecule has 3 rings (SSSR count). The lowest BCUT2D eigenvalue weighted by molar-refractivity contribution is 0.102. The molecule has 1 N–H and O–H groups in total. The molecule has 1 amide bonds. The molecule has 0 saturated carbocycles. The molecule has 8 heteroatoms. The Balaban J connectivity index is 1.78. The van der Waals surface area contributed by atoms with Crippen LogP contribution in [0.4, 0.5) is 5.69 Å². The van der Waals surface area contributed by atoms with Crippen LogP contribution in [0.15, 0.2) is 48.8 Å². The minimum atomic E-state index is -0.331. The zero-order chi connectivity index (χ0) is 15.5. The second-order valence-electron chi connectivity index (χ2n) is 4.38. The van der Waals surface area contributed by atoms with Crippen LogP contribution >= 0.6 is 23.2 Å². The number of rotatable bonds is 3. The van der Waals surface area contributed by atoms with Crippen LogP contribution < -0.4 is 5.32 Å². The fourth-order valence-corrected chi connectivity index (χ4v) is 2.22. The predicted molar refractivity (Wildman–Crippen MR) is 83.6 cm³/mol. The Bertz CT molecular complexity index is 803. The van der Waals surface area contributed by atoms with Crippen LogP contribution in [-0.4, -0.2) is 26.1 Å². The third-order valence-corrected chi connectivity index (χ3v) is 3.48. The van der Waals surface area contributed by atoms with Crippen LogP contribution in [0.5, 0.6) is 0 Å². The maximum absolute atomic E-state index is 12.2. The summed E-state index contributed by atoms with van der Waals surface area (Å²) in [5.74, 6) is -0.331. The summed E-state index contributed by atoms with van der Waals surface area (Å²) in [6.07, 6.45) is 1.49. The maximum atomic E-state index is 12.2. The van der Waals surface area contributed by atoms with Crippen LogP contribution in [0.25, 0.3) is 5.69 Å². The molecule has 0 fully saturated rings. The first-order valence-electron chi connectivity index (χ1n) is 6.23. The SMILES string of the molecule is O=C(Nc1ccc(-n2cnnn2)cc1)c1cc(Cl)ccc1Cl. The molecule has 0 unspecified atom stereocenters. The number of aromatic nitrogens is 4. The van der Waals surface area contributed by atoms with E-state index in [1.165, 1.54) is 17.1 Å². The van der Waals surface area contributed by atoms with Crippen molar-refractivity contribution in [1.82, 2.24) is 20.2 Å². The van der Waals surface area contributed by atoms with Crippen molar-refractivity contribution in [2.75, 3.05) is 5.32 Å². The van der Waals surface area contributed by atoms with E-state index in [1.54, 1.807) is 36.4 Å². The second-order valence-corrected chi connectivity index (χ2v) is 5.22. The minimum Gasteiger partial charge on any atom is -0.322 e. The molecule has 6 nitrogen and oxygen atoms in total. The summed E-state index contributed by atoms with van der Waals surface area (Å²) in [7, 11) is 0. The Morgan fingerprint density at radius 1 is 1.09 bits per heavy atom. The van der Waals surface area contributed by atoms with Crippen molar-refractivity contribution in [2.24, 2.45) is 0 Å². The number of amides is 1. The van der Waals surface area contributed by atoms with Crippen LogP contribution in [0, 0.1) is 0 Å². The molecule has 0 aliphatic carbocycles. The quantitative estimate of drug-likeness (QED) is 0.798. The third kappa shape index (κ3) is 3.08. The van der Waals surface area contributed by atoms with Gasteiger partial charge in [-0.3, -0.25) is 4.79 Å². The number of benzene rings is 2. The van der Waals surface area contributed by atoms with Crippen LogP contribution in [0.2, 0.25) is 10.0 Å². The molecule has 1 aromatic heterocycles. The Labute approximate surface area is 135 Å². The number of hydrogen-bond acceptors (Lipinski definition) is 4. The number of nitrogens with zero attached hydrogens (tertiary/aromatic N) is 4. The fourth-order valence-electron chi connectivity index (χ4n) is 1.85. The topological polar surface area (TPSA) is 72.7 Å². The molecule has 0 aliphatic rings. The van der Waals surface area contributed by atoms with Gasteiger partial charge < -0.3 is 5.32 Å². The van der Waals surface area contributed by atoms with Gasteiger partial charge in [-0.1, -0.05) is 23.2 Å². The van der Waals surface area contributed by atoms with Crippen molar-refractivity contribution in [3.63, 3.8) is 0 Å². The van der Waals surface area contributed by atoms with Gasteiger partial charge in [0.25, 0.3) is 5.91 Å². The number of nitrogens with one attached hydrogen (secondary N) is 1. The summed E-state index contributed by atoms with van der Waals surface area (Å²) < 4.78 is 1.51. The van der Waals surface area contributed by atoms with Crippen molar-refractivity contribution in [1.29, 1.82) is 0 Å². The van der Waals surface area contributed by atoms with Gasteiger partial charge >= 0.3 is 0 Å². The highest BCUT2D eigenvalue weighted by Crippen LogP contribution is 2.22. The summed E-state index contributed by atoms with van der Waals surface area (Å²) in [6, 6.07) is 11.8. The Kier molecular flexibility index (Phi) is 4.04. The van der Waals surface area contributed by atoms with Gasteiger partial charge in [0.15, 0.2) is 0 Å². The van der Waals surface area contributed by atoms with Crippen molar-refractivity contribution in [3.8, 4) is 5.69 Å². The summed E-state index contributed by atoms with van der Waals surface area (Å²) in [6.45, 7) is 0. The fraction of sp³-hybridized carbons (Fsp3) is 0. The third-order valence-electron chi connectivity index (χ3n) is 2.91. The highest BCUT2D eigenvalue weighted by molar-refractivity contribution is 6.36. The first kappa shape index (κ1) is 14.5. The number of halogens is 2. The average Bonchev–Trinajstić information content (AvgIpc) is 3.05. The van der Waals surface area contributed by atoms with Crippen molar-refractivity contribution in [3.05, 3.63) is 64.4 Å². The zero-order valence-corrected chi connectivity index (χ0v) is 12.6. The molecule has 0 spiro atoms. The highest BCUT2D eigenvalue weighted by atomic mass is 35.5. The van der Waals surface area contributed by atoms with E-state index in [2.05, 4.69) is 20.8 Å². The lowest BCUT2D eigenvalue weighted by atomic mass is 10.2. The molecule has 2 aromatic carbocycles. The first-order valence-corrected chi connectivity index (χ1v) is 6.99. The molecule has 0 aliphatic heterocycles. The minimum absolute atomic E-state index is 0.318. The lowest BCUT2D eigenvalue weighted by Crippen LogP contribution is -2.12. The van der Waals surface area contributed by atoms with Gasteiger partial charge in [0, 0.05) is 10.7 Å². The molecule has 0 saturated heterocycles. The van der Waals surface area contributed by atoms with Gasteiger partial charge in [0.05, 0.1) is 16.3 Å². The molecular formula is C14H9Cl2N5O. The zero-order valence-electron chi connectivity index (χ0n) is 11.1.